The lowest BCUT2D eigenvalue weighted by atomic mass is 10.2. The highest BCUT2D eigenvalue weighted by Crippen LogP contribution is 2.41. The van der Waals surface area contributed by atoms with Crippen LogP contribution in [0.3, 0.4) is 0 Å². The van der Waals surface area contributed by atoms with E-state index in [2.05, 4.69) is 24.7 Å². The number of H-pyrrole nitrogens is 1. The first-order valence-electron chi connectivity index (χ1n) is 8.01. The number of aryl methyl sites for hydroxylation is 2. The van der Waals surface area contributed by atoms with E-state index in [4.69, 9.17) is 0 Å². The van der Waals surface area contributed by atoms with Gasteiger partial charge in [-0.15, -0.1) is 21.5 Å². The fraction of sp³-hybridized carbons (Fsp3) is 0.500. The van der Waals surface area contributed by atoms with Crippen molar-refractivity contribution in [1.29, 1.82) is 0 Å². The highest BCUT2D eigenvalue weighted by Gasteiger charge is 2.29. The van der Waals surface area contributed by atoms with E-state index in [9.17, 15) is 4.79 Å². The van der Waals surface area contributed by atoms with Crippen LogP contribution in [0.25, 0.3) is 10.2 Å². The Morgan fingerprint density at radius 2 is 2.08 bits per heavy atom. The summed E-state index contributed by atoms with van der Waals surface area (Å²) in [6.45, 7) is 6.04. The molecule has 0 amide bonds. The van der Waals surface area contributed by atoms with Crippen molar-refractivity contribution in [3.05, 3.63) is 32.4 Å². The molecule has 0 radical (unpaired) electrons. The first-order chi connectivity index (χ1) is 11.5. The van der Waals surface area contributed by atoms with Crippen LogP contribution in [0.4, 0.5) is 0 Å². The maximum atomic E-state index is 12.4. The fourth-order valence-corrected chi connectivity index (χ4v) is 4.72. The van der Waals surface area contributed by atoms with Crippen molar-refractivity contribution in [1.82, 2.24) is 24.7 Å². The summed E-state index contributed by atoms with van der Waals surface area (Å²) >= 11 is 3.16. The van der Waals surface area contributed by atoms with Crippen LogP contribution in [-0.2, 0) is 7.05 Å². The Balaban J connectivity index is 1.66. The number of thiophene rings is 1. The zero-order valence-corrected chi connectivity index (χ0v) is 15.7. The van der Waals surface area contributed by atoms with Crippen LogP contribution in [0, 0.1) is 13.8 Å². The van der Waals surface area contributed by atoms with E-state index in [1.807, 2.05) is 27.8 Å². The molecule has 8 heteroatoms. The molecular formula is C16H19N5OS2. The number of rotatable bonds is 4. The molecule has 1 aliphatic rings. The number of aromatic amines is 1. The Morgan fingerprint density at radius 1 is 1.33 bits per heavy atom. The first kappa shape index (κ1) is 15.8. The molecule has 0 spiro atoms. The van der Waals surface area contributed by atoms with Gasteiger partial charge in [-0.3, -0.25) is 4.79 Å². The molecule has 0 bridgehead atoms. The van der Waals surface area contributed by atoms with Crippen LogP contribution in [0.1, 0.15) is 53.0 Å². The molecule has 1 N–H and O–H groups in total. The molecule has 1 aliphatic carbocycles. The van der Waals surface area contributed by atoms with E-state index in [-0.39, 0.29) is 10.8 Å². The van der Waals surface area contributed by atoms with Crippen molar-refractivity contribution in [2.24, 2.45) is 7.05 Å². The monoisotopic (exact) mass is 361 g/mol. The van der Waals surface area contributed by atoms with Crippen molar-refractivity contribution in [2.45, 2.75) is 49.9 Å². The van der Waals surface area contributed by atoms with Gasteiger partial charge in [-0.25, -0.2) is 4.98 Å². The molecule has 0 aliphatic heterocycles. The van der Waals surface area contributed by atoms with Crippen LogP contribution in [0.15, 0.2) is 9.95 Å². The summed E-state index contributed by atoms with van der Waals surface area (Å²) in [5.41, 5.74) is 0.971. The molecule has 4 rings (SSSR count). The van der Waals surface area contributed by atoms with E-state index in [0.29, 0.717) is 17.1 Å². The van der Waals surface area contributed by atoms with E-state index in [1.54, 1.807) is 23.1 Å². The van der Waals surface area contributed by atoms with Gasteiger partial charge < -0.3 is 9.55 Å². The summed E-state index contributed by atoms with van der Waals surface area (Å²) in [5.74, 6) is 2.32. The van der Waals surface area contributed by atoms with Crippen LogP contribution < -0.4 is 5.56 Å². The standard InChI is InChI=1S/C16H19N5OS2/c1-7-8(2)23-15-11(7)14(22)17-12(18-15)9(3)24-16-20-19-13(21(16)4)10-5-6-10/h9-10H,5-6H2,1-4H3,(H,17,18,22)/t9-/m1/s1. The van der Waals surface area contributed by atoms with Crippen molar-refractivity contribution in [3.63, 3.8) is 0 Å². The maximum absolute atomic E-state index is 12.4. The SMILES string of the molecule is Cc1sc2nc([C@@H](C)Sc3nnc(C4CC4)n3C)[nH]c(=O)c2c1C. The molecule has 126 valence electrons. The molecule has 6 nitrogen and oxygen atoms in total. The molecule has 1 fully saturated rings. The second kappa shape index (κ2) is 5.70. The van der Waals surface area contributed by atoms with Gasteiger partial charge in [-0.1, -0.05) is 11.8 Å². The number of nitrogens with one attached hydrogen (secondary N) is 1. The number of hydrogen-bond acceptors (Lipinski definition) is 6. The Labute approximate surface area is 147 Å². The van der Waals surface area contributed by atoms with Gasteiger partial charge in [0.05, 0.1) is 10.6 Å². The number of fused-ring (bicyclic) bond motifs is 1. The lowest BCUT2D eigenvalue weighted by Gasteiger charge is -2.10. The third kappa shape index (κ3) is 2.57. The predicted molar refractivity (Wildman–Crippen MR) is 97.0 cm³/mol. The molecule has 0 unspecified atom stereocenters. The number of thioether (sulfide) groups is 1. The minimum atomic E-state index is -0.0547. The van der Waals surface area contributed by atoms with Gasteiger partial charge in [0.15, 0.2) is 5.16 Å². The van der Waals surface area contributed by atoms with Crippen LogP contribution in [-0.4, -0.2) is 24.7 Å². The largest absolute Gasteiger partial charge is 0.309 e. The Morgan fingerprint density at radius 3 is 2.79 bits per heavy atom. The summed E-state index contributed by atoms with van der Waals surface area (Å²) in [6.07, 6.45) is 2.41. The van der Waals surface area contributed by atoms with Gasteiger partial charge in [0.2, 0.25) is 0 Å². The third-order valence-electron chi connectivity index (χ3n) is 4.54. The van der Waals surface area contributed by atoms with Gasteiger partial charge in [0, 0.05) is 17.8 Å². The van der Waals surface area contributed by atoms with E-state index < -0.39 is 0 Å². The van der Waals surface area contributed by atoms with Gasteiger partial charge >= 0.3 is 0 Å². The van der Waals surface area contributed by atoms with Gasteiger partial charge in [0.25, 0.3) is 5.56 Å². The average Bonchev–Trinajstić information content (AvgIpc) is 3.25. The Kier molecular flexibility index (Phi) is 3.76. The summed E-state index contributed by atoms with van der Waals surface area (Å²) in [7, 11) is 2.01. The summed E-state index contributed by atoms with van der Waals surface area (Å²) in [4.78, 5) is 22.0. The van der Waals surface area contributed by atoms with Gasteiger partial charge in [-0.2, -0.15) is 0 Å². The fourth-order valence-electron chi connectivity index (χ4n) is 2.80. The zero-order chi connectivity index (χ0) is 17.0. The normalized spacial score (nSPS) is 16.0. The molecule has 24 heavy (non-hydrogen) atoms. The zero-order valence-electron chi connectivity index (χ0n) is 14.1. The van der Waals surface area contributed by atoms with Crippen molar-refractivity contribution >= 4 is 33.3 Å². The summed E-state index contributed by atoms with van der Waals surface area (Å²) < 4.78 is 2.06. The molecule has 3 aromatic heterocycles. The topological polar surface area (TPSA) is 76.5 Å². The molecule has 3 aromatic rings. The van der Waals surface area contributed by atoms with Crippen molar-refractivity contribution in [3.8, 4) is 0 Å². The lowest BCUT2D eigenvalue weighted by Crippen LogP contribution is -2.12. The molecular weight excluding hydrogens is 342 g/mol. The van der Waals surface area contributed by atoms with Gasteiger partial charge in [-0.05, 0) is 39.2 Å². The Bertz CT molecular complexity index is 982. The highest BCUT2D eigenvalue weighted by atomic mass is 32.2. The van der Waals surface area contributed by atoms with Crippen molar-refractivity contribution < 1.29 is 0 Å². The maximum Gasteiger partial charge on any atom is 0.259 e. The van der Waals surface area contributed by atoms with E-state index in [1.165, 1.54) is 12.8 Å². The van der Waals surface area contributed by atoms with Crippen LogP contribution >= 0.6 is 23.1 Å². The Hall–Kier alpha value is -1.67. The molecule has 0 aromatic carbocycles. The summed E-state index contributed by atoms with van der Waals surface area (Å²) in [6, 6.07) is 0. The first-order valence-corrected chi connectivity index (χ1v) is 9.71. The van der Waals surface area contributed by atoms with Crippen LogP contribution in [0.2, 0.25) is 0 Å². The summed E-state index contributed by atoms with van der Waals surface area (Å²) in [5, 5.41) is 10.2. The molecule has 3 heterocycles. The quantitative estimate of drug-likeness (QED) is 0.720. The molecule has 0 saturated heterocycles. The van der Waals surface area contributed by atoms with E-state index in [0.717, 1.165) is 26.3 Å². The second-order valence-corrected chi connectivity index (χ2v) is 8.86. The number of aromatic nitrogens is 5. The minimum Gasteiger partial charge on any atom is -0.309 e. The molecule has 1 atom stereocenters. The van der Waals surface area contributed by atoms with E-state index >= 15 is 0 Å². The van der Waals surface area contributed by atoms with Crippen LogP contribution in [0.5, 0.6) is 0 Å². The minimum absolute atomic E-state index is 0.000217. The number of nitrogens with zero attached hydrogens (tertiary/aromatic N) is 4. The third-order valence-corrected chi connectivity index (χ3v) is 6.78. The number of hydrogen-bond donors (Lipinski definition) is 1. The average molecular weight is 361 g/mol. The smallest absolute Gasteiger partial charge is 0.259 e. The lowest BCUT2D eigenvalue weighted by molar-refractivity contribution is 0.733. The van der Waals surface area contributed by atoms with Crippen molar-refractivity contribution in [2.75, 3.05) is 0 Å². The molecule has 1 saturated carbocycles. The highest BCUT2D eigenvalue weighted by molar-refractivity contribution is 7.99. The van der Waals surface area contributed by atoms with Gasteiger partial charge in [0.1, 0.15) is 16.5 Å². The predicted octanol–water partition coefficient (Wildman–Crippen LogP) is 3.46. The second-order valence-electron chi connectivity index (χ2n) is 6.35.